The topological polar surface area (TPSA) is 87.0 Å². The normalized spacial score (nSPS) is 9.33. The fraction of sp³-hybridized carbons (Fsp3) is 1.00. The van der Waals surface area contributed by atoms with Gasteiger partial charge in [0.05, 0.1) is 0 Å². The Balaban J connectivity index is 2.85. The molecule has 5 heteroatoms. The molecule has 5 nitrogen and oxygen atoms in total. The summed E-state index contributed by atoms with van der Waals surface area (Å²) in [5, 5.41) is 8.81. The first kappa shape index (κ1) is 5.00. The summed E-state index contributed by atoms with van der Waals surface area (Å²) in [6.45, 7) is 0.0382. The molecule has 0 rings (SSSR count). The van der Waals surface area contributed by atoms with Gasteiger partial charge in [-0.1, -0.05) is 5.22 Å². The summed E-state index contributed by atoms with van der Waals surface area (Å²) in [7, 11) is 0. The predicted molar refractivity (Wildman–Crippen MR) is 19.1 cm³/mol. The summed E-state index contributed by atoms with van der Waals surface area (Å²) < 4.78 is 0. The lowest BCUT2D eigenvalue weighted by Crippen LogP contribution is -1.75. The minimum Gasteiger partial charge on any atom is -0.305 e. The molecule has 6 heavy (non-hydrogen) atoms. The average molecular weight is 87.1 g/mol. The SMILES string of the molecule is N=NCN=NN. The van der Waals surface area contributed by atoms with Crippen LogP contribution in [-0.2, 0) is 0 Å². The van der Waals surface area contributed by atoms with Gasteiger partial charge in [0, 0.05) is 0 Å². The van der Waals surface area contributed by atoms with Gasteiger partial charge in [0.2, 0.25) is 0 Å². The van der Waals surface area contributed by atoms with E-state index in [4.69, 9.17) is 5.53 Å². The first-order valence-corrected chi connectivity index (χ1v) is 1.31. The Morgan fingerprint density at radius 1 is 1.67 bits per heavy atom. The summed E-state index contributed by atoms with van der Waals surface area (Å²) >= 11 is 0. The summed E-state index contributed by atoms with van der Waals surface area (Å²) in [5.41, 5.74) is 6.12. The number of rotatable bonds is 2. The Bertz CT molecular complexity index is 55.0. The van der Waals surface area contributed by atoms with Crippen LogP contribution in [0.5, 0.6) is 0 Å². The van der Waals surface area contributed by atoms with Crippen molar-refractivity contribution < 1.29 is 0 Å². The summed E-state index contributed by atoms with van der Waals surface area (Å²) in [4.78, 5) is 0. The van der Waals surface area contributed by atoms with Gasteiger partial charge in [-0.2, -0.15) is 5.11 Å². The molecule has 0 radical (unpaired) electrons. The van der Waals surface area contributed by atoms with Crippen LogP contribution >= 0.6 is 0 Å². The minimum absolute atomic E-state index is 0.0382. The number of nitrogens with one attached hydrogen (secondary N) is 1. The van der Waals surface area contributed by atoms with Gasteiger partial charge < -0.3 is 5.84 Å². The van der Waals surface area contributed by atoms with Crippen LogP contribution in [-0.4, -0.2) is 6.67 Å². The van der Waals surface area contributed by atoms with Gasteiger partial charge in [-0.05, 0) is 0 Å². The van der Waals surface area contributed by atoms with Crippen molar-refractivity contribution in [1.29, 1.82) is 5.53 Å². The zero-order valence-corrected chi connectivity index (χ0v) is 3.13. The van der Waals surface area contributed by atoms with Gasteiger partial charge in [-0.3, -0.25) is 0 Å². The quantitative estimate of drug-likeness (QED) is 0.283. The standard InChI is InChI=1S/CH5N5/c2-4-1-5-6-3/h2H,1H2,(H2,3,5). The molecule has 0 spiro atoms. The van der Waals surface area contributed by atoms with Crippen LogP contribution in [0.25, 0.3) is 0 Å². The number of hydrogen-bond donors (Lipinski definition) is 2. The summed E-state index contributed by atoms with van der Waals surface area (Å²) in [5.74, 6) is 4.53. The van der Waals surface area contributed by atoms with Crippen LogP contribution in [0.1, 0.15) is 0 Å². The predicted octanol–water partition coefficient (Wildman–Crippen LogP) is 0.301. The van der Waals surface area contributed by atoms with Crippen molar-refractivity contribution in [2.24, 2.45) is 21.3 Å². The largest absolute Gasteiger partial charge is 0.305 e. The highest BCUT2D eigenvalue weighted by Gasteiger charge is 1.60. The van der Waals surface area contributed by atoms with E-state index in [0.29, 0.717) is 0 Å². The van der Waals surface area contributed by atoms with Crippen molar-refractivity contribution in [2.45, 2.75) is 0 Å². The van der Waals surface area contributed by atoms with Gasteiger partial charge in [0.15, 0.2) is 6.67 Å². The van der Waals surface area contributed by atoms with Crippen LogP contribution in [0.4, 0.5) is 0 Å². The zero-order valence-electron chi connectivity index (χ0n) is 3.13. The molecule has 0 aromatic rings. The van der Waals surface area contributed by atoms with Crippen molar-refractivity contribution in [3.8, 4) is 0 Å². The van der Waals surface area contributed by atoms with E-state index in [2.05, 4.69) is 21.3 Å². The monoisotopic (exact) mass is 87.1 g/mol. The van der Waals surface area contributed by atoms with Gasteiger partial charge in [0.1, 0.15) is 0 Å². The fourth-order valence-electron chi connectivity index (χ4n) is 0.0681. The molecule has 3 N–H and O–H groups in total. The van der Waals surface area contributed by atoms with Crippen molar-refractivity contribution in [2.75, 3.05) is 6.67 Å². The van der Waals surface area contributed by atoms with E-state index in [9.17, 15) is 0 Å². The molecule has 34 valence electrons. The molecular formula is CH5N5. The molecule has 0 fully saturated rings. The van der Waals surface area contributed by atoms with E-state index in [1.807, 2.05) is 0 Å². The highest BCUT2D eigenvalue weighted by Crippen LogP contribution is 1.66. The van der Waals surface area contributed by atoms with Crippen LogP contribution in [0, 0.1) is 5.53 Å². The third-order valence-electron chi connectivity index (χ3n) is 0.216. The van der Waals surface area contributed by atoms with Gasteiger partial charge >= 0.3 is 0 Å². The molecule has 0 unspecified atom stereocenters. The smallest absolute Gasteiger partial charge is 0.172 e. The van der Waals surface area contributed by atoms with Crippen molar-refractivity contribution in [3.05, 3.63) is 0 Å². The van der Waals surface area contributed by atoms with Crippen LogP contribution in [0.2, 0.25) is 0 Å². The summed E-state index contributed by atoms with van der Waals surface area (Å²) in [6, 6.07) is 0. The van der Waals surface area contributed by atoms with Crippen molar-refractivity contribution in [3.63, 3.8) is 0 Å². The Hall–Kier alpha value is -1.00. The van der Waals surface area contributed by atoms with Gasteiger partial charge in [-0.15, -0.1) is 5.11 Å². The molecule has 0 aromatic heterocycles. The number of nitrogens with zero attached hydrogens (tertiary/aromatic N) is 3. The lowest BCUT2D eigenvalue weighted by atomic mass is 11.2. The maximum atomic E-state index is 6.12. The molecule has 0 aliphatic rings. The lowest BCUT2D eigenvalue weighted by Gasteiger charge is -1.69. The Labute approximate surface area is 34.7 Å². The number of hydrogen-bond acceptors (Lipinski definition) is 4. The molecule has 0 heterocycles. The van der Waals surface area contributed by atoms with E-state index >= 15 is 0 Å². The van der Waals surface area contributed by atoms with Gasteiger partial charge in [-0.25, -0.2) is 5.53 Å². The van der Waals surface area contributed by atoms with Crippen molar-refractivity contribution >= 4 is 0 Å². The zero-order chi connectivity index (χ0) is 4.83. The maximum Gasteiger partial charge on any atom is 0.172 e. The molecule has 0 bridgehead atoms. The van der Waals surface area contributed by atoms with E-state index in [1.165, 1.54) is 0 Å². The Kier molecular flexibility index (Phi) is 3.33. The molecule has 0 aliphatic heterocycles. The first-order chi connectivity index (χ1) is 2.91. The molecule has 0 atom stereocenters. The first-order valence-electron chi connectivity index (χ1n) is 1.31. The highest BCUT2D eigenvalue weighted by molar-refractivity contribution is 4.17. The van der Waals surface area contributed by atoms with E-state index < -0.39 is 0 Å². The molecule has 0 saturated heterocycles. The van der Waals surface area contributed by atoms with E-state index in [0.717, 1.165) is 0 Å². The Morgan fingerprint density at radius 2 is 2.33 bits per heavy atom. The molecule has 0 amide bonds. The average Bonchev–Trinajstić information content (AvgIpc) is 1.61. The third kappa shape index (κ3) is 3.00. The third-order valence-corrected chi connectivity index (χ3v) is 0.216. The van der Waals surface area contributed by atoms with Crippen LogP contribution < -0.4 is 5.84 Å². The molecular weight excluding hydrogens is 82.0 g/mol. The lowest BCUT2D eigenvalue weighted by molar-refractivity contribution is 0.835. The molecule has 0 aliphatic carbocycles. The van der Waals surface area contributed by atoms with E-state index in [-0.39, 0.29) is 6.67 Å². The van der Waals surface area contributed by atoms with E-state index in [1.54, 1.807) is 0 Å². The second-order valence-electron chi connectivity index (χ2n) is 0.556. The summed E-state index contributed by atoms with van der Waals surface area (Å²) in [6.07, 6.45) is 0. The van der Waals surface area contributed by atoms with Crippen LogP contribution in [0.15, 0.2) is 15.5 Å². The Morgan fingerprint density at radius 3 is 2.50 bits per heavy atom. The van der Waals surface area contributed by atoms with Crippen molar-refractivity contribution in [1.82, 2.24) is 0 Å². The molecule has 0 saturated carbocycles. The minimum atomic E-state index is 0.0382. The molecule has 0 aromatic carbocycles. The number of nitrogens with two attached hydrogens (primary N) is 1. The van der Waals surface area contributed by atoms with Crippen LogP contribution in [0.3, 0.4) is 0 Å². The second kappa shape index (κ2) is 4.00. The maximum absolute atomic E-state index is 6.12. The highest BCUT2D eigenvalue weighted by atomic mass is 15.3. The fourth-order valence-corrected chi connectivity index (χ4v) is 0.0681. The van der Waals surface area contributed by atoms with Gasteiger partial charge in [0.25, 0.3) is 0 Å². The second-order valence-corrected chi connectivity index (χ2v) is 0.556.